The van der Waals surface area contributed by atoms with Gasteiger partial charge in [-0.2, -0.15) is 13.2 Å². The molecule has 6 rings (SSSR count). The van der Waals surface area contributed by atoms with Gasteiger partial charge < -0.3 is 58.0 Å². The average Bonchev–Trinajstić information content (AvgIpc) is 0.892. The van der Waals surface area contributed by atoms with Crippen LogP contribution < -0.4 is 39.1 Å². The zero-order chi connectivity index (χ0) is 69.3. The number of hydrogen-bond donors (Lipinski definition) is 2. The molecular formula is C73H73F3N2O18. The van der Waals surface area contributed by atoms with Crippen molar-refractivity contribution < 1.29 is 98.9 Å². The highest BCUT2D eigenvalue weighted by Crippen LogP contribution is 2.37. The maximum absolute atomic E-state index is 13.9. The minimum atomic E-state index is -4.86. The number of esters is 6. The van der Waals surface area contributed by atoms with Gasteiger partial charge >= 0.3 is 42.0 Å². The normalized spacial score (nSPS) is 10.7. The maximum Gasteiger partial charge on any atom is 0.418 e. The molecule has 6 aromatic carbocycles. The molecule has 2 N–H and O–H groups in total. The first-order valence-corrected chi connectivity index (χ1v) is 30.2. The molecule has 0 heterocycles. The van der Waals surface area contributed by atoms with E-state index in [2.05, 4.69) is 36.9 Å². The molecule has 0 saturated carbocycles. The molecular weight excluding hydrogens is 1250 g/mol. The Morgan fingerprint density at radius 3 is 1.12 bits per heavy atom. The zero-order valence-corrected chi connectivity index (χ0v) is 52.5. The second-order valence-corrected chi connectivity index (χ2v) is 20.0. The van der Waals surface area contributed by atoms with Crippen LogP contribution in [0.4, 0.5) is 24.5 Å². The van der Waals surface area contributed by atoms with Crippen molar-refractivity contribution in [3.8, 4) is 34.5 Å². The Morgan fingerprint density at radius 2 is 0.729 bits per heavy atom. The Kier molecular flexibility index (Phi) is 32.8. The van der Waals surface area contributed by atoms with Gasteiger partial charge in [0.15, 0.2) is 0 Å². The van der Waals surface area contributed by atoms with Gasteiger partial charge in [-0.25, -0.2) is 28.8 Å². The number of nitrogens with one attached hydrogen (secondary N) is 2. The molecule has 504 valence electrons. The fraction of sp³-hybridized carbons (Fsp3) is 0.233. The second-order valence-electron chi connectivity index (χ2n) is 20.0. The predicted molar refractivity (Wildman–Crippen MR) is 352 cm³/mol. The number of ether oxygens (including phenoxy) is 10. The quantitative estimate of drug-likeness (QED) is 0.0120. The van der Waals surface area contributed by atoms with Gasteiger partial charge in [0.1, 0.15) is 34.5 Å². The van der Waals surface area contributed by atoms with Crippen LogP contribution in [0.15, 0.2) is 202 Å². The summed E-state index contributed by atoms with van der Waals surface area (Å²) in [5.41, 5.74) is 0.846. The molecule has 0 bridgehead atoms. The number of carbonyl (C=O) groups excluding carboxylic acids is 8. The lowest BCUT2D eigenvalue weighted by Gasteiger charge is -2.14. The van der Waals surface area contributed by atoms with Crippen LogP contribution in [-0.4, -0.2) is 100 Å². The van der Waals surface area contributed by atoms with Gasteiger partial charge in [0.05, 0.1) is 69.7 Å². The summed E-state index contributed by atoms with van der Waals surface area (Å²) in [6.07, 6.45) is 9.89. The summed E-state index contributed by atoms with van der Waals surface area (Å²) in [5, 5.41) is 5.02. The molecule has 0 aliphatic carbocycles. The largest absolute Gasteiger partial charge is 0.494 e. The third-order valence-electron chi connectivity index (χ3n) is 12.8. The number of alkyl halides is 3. The molecule has 23 heteroatoms. The van der Waals surface area contributed by atoms with Crippen LogP contribution in [0, 0.1) is 0 Å². The Balaban J connectivity index is 0.000000352. The van der Waals surface area contributed by atoms with Crippen molar-refractivity contribution in [1.82, 2.24) is 0 Å². The maximum atomic E-state index is 13.9. The van der Waals surface area contributed by atoms with Crippen molar-refractivity contribution in [3.05, 3.63) is 230 Å². The molecule has 0 aliphatic rings. The number of rotatable bonds is 38. The Labute approximate surface area is 553 Å². The van der Waals surface area contributed by atoms with Gasteiger partial charge in [0.25, 0.3) is 5.91 Å². The van der Waals surface area contributed by atoms with Crippen LogP contribution in [-0.2, 0) is 53.9 Å². The van der Waals surface area contributed by atoms with Gasteiger partial charge in [-0.15, -0.1) is 0 Å². The van der Waals surface area contributed by atoms with Crippen LogP contribution in [0.1, 0.15) is 88.8 Å². The first-order chi connectivity index (χ1) is 46.3. The number of anilines is 2. The number of unbranched alkanes of at least 4 members (excludes halogenated alkanes) is 4. The molecule has 2 amide bonds. The average molecular weight is 1320 g/mol. The fourth-order valence-corrected chi connectivity index (χ4v) is 7.81. The van der Waals surface area contributed by atoms with Crippen LogP contribution >= 0.6 is 0 Å². The van der Waals surface area contributed by atoms with E-state index in [4.69, 9.17) is 47.4 Å². The molecule has 20 nitrogen and oxygen atoms in total. The lowest BCUT2D eigenvalue weighted by molar-refractivity contribution is -0.138. The van der Waals surface area contributed by atoms with Crippen molar-refractivity contribution >= 4 is 71.2 Å². The van der Waals surface area contributed by atoms with Crippen molar-refractivity contribution in [3.63, 3.8) is 0 Å². The van der Waals surface area contributed by atoms with E-state index < -0.39 is 59.2 Å². The van der Waals surface area contributed by atoms with Crippen LogP contribution in [0.2, 0.25) is 0 Å². The summed E-state index contributed by atoms with van der Waals surface area (Å²) < 4.78 is 94.3. The molecule has 0 aliphatic heterocycles. The molecule has 0 unspecified atom stereocenters. The highest BCUT2D eigenvalue weighted by Gasteiger charge is 2.34. The molecule has 0 aromatic heterocycles. The molecule has 0 saturated heterocycles. The predicted octanol–water partition coefficient (Wildman–Crippen LogP) is 13.7. The van der Waals surface area contributed by atoms with E-state index in [0.717, 1.165) is 48.6 Å². The van der Waals surface area contributed by atoms with Crippen molar-refractivity contribution in [2.24, 2.45) is 0 Å². The van der Waals surface area contributed by atoms with E-state index in [9.17, 15) is 51.5 Å². The van der Waals surface area contributed by atoms with E-state index >= 15 is 0 Å². The van der Waals surface area contributed by atoms with E-state index in [1.165, 1.54) is 12.2 Å². The molecule has 0 atom stereocenters. The van der Waals surface area contributed by atoms with E-state index in [0.29, 0.717) is 154 Å². The van der Waals surface area contributed by atoms with Crippen molar-refractivity contribution in [2.75, 3.05) is 63.5 Å². The smallest absolute Gasteiger partial charge is 0.418 e. The number of benzene rings is 6. The number of carbonyl (C=O) groups is 8. The number of hydrogen-bond acceptors (Lipinski definition) is 18. The third-order valence-corrected chi connectivity index (χ3v) is 12.8. The summed E-state index contributed by atoms with van der Waals surface area (Å²) in [6.45, 7) is 16.2. The summed E-state index contributed by atoms with van der Waals surface area (Å²) in [7, 11) is 0. The summed E-state index contributed by atoms with van der Waals surface area (Å²) >= 11 is 0. The Morgan fingerprint density at radius 1 is 0.375 bits per heavy atom. The topological polar surface area (TPSA) is 253 Å². The fourth-order valence-electron chi connectivity index (χ4n) is 7.81. The first kappa shape index (κ1) is 75.2. The van der Waals surface area contributed by atoms with Gasteiger partial charge in [-0.3, -0.25) is 9.59 Å². The third kappa shape index (κ3) is 29.9. The zero-order valence-electron chi connectivity index (χ0n) is 52.5. The second kappa shape index (κ2) is 41.9. The van der Waals surface area contributed by atoms with Crippen LogP contribution in [0.5, 0.6) is 34.5 Å². The lowest BCUT2D eigenvalue weighted by atomic mass is 10.1. The van der Waals surface area contributed by atoms with E-state index in [-0.39, 0.29) is 24.9 Å². The number of halogens is 3. The Bertz CT molecular complexity index is 3500. The number of amides is 2. The highest BCUT2D eigenvalue weighted by atomic mass is 19.4. The van der Waals surface area contributed by atoms with Crippen molar-refractivity contribution in [1.29, 1.82) is 0 Å². The van der Waals surface area contributed by atoms with Gasteiger partial charge in [0.2, 0.25) is 5.91 Å². The van der Waals surface area contributed by atoms with Crippen LogP contribution in [0.25, 0.3) is 12.2 Å². The molecule has 0 spiro atoms. The Hall–Kier alpha value is -11.5. The SMILES string of the molecule is C=CC(=O)OCCCCOc1ccc(/C=C\C(=O)Nc2ccc(OC(=O)/C=C/c3ccc(OCCCCOC(=O)C=C)cc3)cc2C(F)(F)F)cc1.C=CC(=O)OCCCCOc1ccc(C(=O)Nc2ccc(OC(=O)c3ccc(OCCCCOC(=O)C=C)cc3)cc2)cc1. The minimum absolute atomic E-state index is 0.261. The standard InChI is InChI=1S/C39H38F3NO9.C34H35NO9/c1-3-36(45)50-25-7-5-23-48-30-15-9-28(10-16-30)13-21-35(44)43-34-20-19-32(27-33(34)39(40,41)42)52-38(47)22-14-29-11-17-31(18-12-29)49-24-6-8-26-51-37(46)4-2;1-3-31(36)42-23-7-5-21-40-28-15-9-25(10-16-28)33(38)35-27-13-19-30(20-14-27)44-34(39)26-11-17-29(18-12-26)41-22-6-8-24-43-32(37)4-2/h3-4,9-22,27H,1-2,5-8,23-26H2,(H,43,44);3-4,9-20H,1-2,5-8,21-24H2,(H,35,38)/b21-13-,22-14+;. The molecule has 0 radical (unpaired) electrons. The lowest BCUT2D eigenvalue weighted by Crippen LogP contribution is -2.15. The summed E-state index contributed by atoms with van der Waals surface area (Å²) in [6, 6.07) is 36.0. The first-order valence-electron chi connectivity index (χ1n) is 30.2. The molecule has 96 heavy (non-hydrogen) atoms. The minimum Gasteiger partial charge on any atom is -0.494 e. The van der Waals surface area contributed by atoms with E-state index in [1.54, 1.807) is 121 Å². The van der Waals surface area contributed by atoms with Crippen LogP contribution in [0.3, 0.4) is 0 Å². The summed E-state index contributed by atoms with van der Waals surface area (Å²) in [4.78, 5) is 94.1. The van der Waals surface area contributed by atoms with Gasteiger partial charge in [-0.1, -0.05) is 50.6 Å². The van der Waals surface area contributed by atoms with Crippen molar-refractivity contribution in [2.45, 2.75) is 57.5 Å². The monoisotopic (exact) mass is 1320 g/mol. The van der Waals surface area contributed by atoms with E-state index in [1.807, 2.05) is 0 Å². The highest BCUT2D eigenvalue weighted by molar-refractivity contribution is 6.04. The molecule has 6 aromatic rings. The summed E-state index contributed by atoms with van der Waals surface area (Å²) in [5.74, 6) is -2.06. The van der Waals surface area contributed by atoms with Gasteiger partial charge in [-0.05, 0) is 190 Å². The van der Waals surface area contributed by atoms with Gasteiger partial charge in [0, 0.05) is 47.7 Å². The molecule has 0 fully saturated rings.